The first-order valence-electron chi connectivity index (χ1n) is 9.25. The first-order chi connectivity index (χ1) is 13.0. The van der Waals surface area contributed by atoms with Crippen LogP contribution in [-0.2, 0) is 13.9 Å². The molecule has 0 aliphatic heterocycles. The zero-order valence-corrected chi connectivity index (χ0v) is 17.6. The molecule has 0 heterocycles. The lowest BCUT2D eigenvalue weighted by molar-refractivity contribution is -0.384. The molecule has 0 saturated carbocycles. The van der Waals surface area contributed by atoms with Crippen LogP contribution in [0.3, 0.4) is 0 Å². The zero-order chi connectivity index (χ0) is 21.4. The highest BCUT2D eigenvalue weighted by Crippen LogP contribution is 2.47. The number of benzene rings is 1. The van der Waals surface area contributed by atoms with Gasteiger partial charge in [0.1, 0.15) is 11.3 Å². The van der Waals surface area contributed by atoms with E-state index in [1.807, 2.05) is 0 Å². The molecule has 2 atom stereocenters. The van der Waals surface area contributed by atoms with Crippen molar-refractivity contribution in [3.05, 3.63) is 34.4 Å². The minimum absolute atomic E-state index is 0.0755. The minimum Gasteiger partial charge on any atom is -0.480 e. The maximum Gasteiger partial charge on any atom is 0.459 e. The van der Waals surface area contributed by atoms with Gasteiger partial charge in [-0.3, -0.25) is 19.4 Å². The lowest BCUT2D eigenvalue weighted by Crippen LogP contribution is -2.52. The zero-order valence-electron chi connectivity index (χ0n) is 16.7. The van der Waals surface area contributed by atoms with E-state index in [2.05, 4.69) is 12.0 Å². The Balaban J connectivity index is 3.03. The molecule has 0 amide bonds. The lowest BCUT2D eigenvalue weighted by Gasteiger charge is -2.33. The monoisotopic (exact) mass is 416 g/mol. The largest absolute Gasteiger partial charge is 0.480 e. The van der Waals surface area contributed by atoms with Crippen LogP contribution in [0.15, 0.2) is 24.3 Å². The highest BCUT2D eigenvalue weighted by atomic mass is 31.2. The van der Waals surface area contributed by atoms with E-state index < -0.39 is 30.1 Å². The summed E-state index contributed by atoms with van der Waals surface area (Å²) in [7, 11) is -4.06. The Morgan fingerprint density at radius 3 is 2.36 bits per heavy atom. The second-order valence-electron chi connectivity index (χ2n) is 7.01. The number of carbonyl (C=O) groups is 1. The lowest BCUT2D eigenvalue weighted by atomic mass is 9.90. The molecule has 9 nitrogen and oxygen atoms in total. The summed E-state index contributed by atoms with van der Waals surface area (Å²) in [5.74, 6) is -1.53. The van der Waals surface area contributed by atoms with Crippen LogP contribution < -0.4 is 9.61 Å². The van der Waals surface area contributed by atoms with E-state index in [-0.39, 0.29) is 18.0 Å². The Morgan fingerprint density at radius 2 is 1.89 bits per heavy atom. The van der Waals surface area contributed by atoms with Gasteiger partial charge < -0.3 is 9.63 Å². The molecular formula is C18H29N2O7P. The maximum absolute atomic E-state index is 13.3. The molecule has 0 aliphatic rings. The van der Waals surface area contributed by atoms with Crippen molar-refractivity contribution in [2.45, 2.75) is 58.9 Å². The molecule has 0 aromatic heterocycles. The van der Waals surface area contributed by atoms with E-state index in [0.717, 1.165) is 19.3 Å². The highest BCUT2D eigenvalue weighted by molar-refractivity contribution is 7.52. The first kappa shape index (κ1) is 24.1. The van der Waals surface area contributed by atoms with Crippen molar-refractivity contribution in [1.29, 1.82) is 0 Å². The van der Waals surface area contributed by atoms with Crippen LogP contribution in [0.4, 0.5) is 5.69 Å². The molecule has 28 heavy (non-hydrogen) atoms. The van der Waals surface area contributed by atoms with E-state index in [9.17, 15) is 24.6 Å². The molecule has 10 heteroatoms. The van der Waals surface area contributed by atoms with Gasteiger partial charge in [-0.1, -0.05) is 40.0 Å². The number of non-ortho nitro benzene ring substituents is 1. The number of rotatable bonds is 13. The van der Waals surface area contributed by atoms with Crippen LogP contribution in [0.25, 0.3) is 0 Å². The number of nitrogens with zero attached hydrogens (tertiary/aromatic N) is 1. The molecule has 2 unspecified atom stereocenters. The Labute approximate surface area is 165 Å². The normalized spacial score (nSPS) is 15.6. The van der Waals surface area contributed by atoms with Gasteiger partial charge in [0.15, 0.2) is 0 Å². The van der Waals surface area contributed by atoms with Crippen molar-refractivity contribution >= 4 is 19.4 Å². The number of aliphatic carboxylic acids is 1. The van der Waals surface area contributed by atoms with E-state index in [1.54, 1.807) is 13.8 Å². The Hall–Kier alpha value is -1.96. The van der Waals surface area contributed by atoms with Crippen LogP contribution in [0, 0.1) is 16.0 Å². The third-order valence-electron chi connectivity index (χ3n) is 4.50. The molecule has 0 aliphatic carbocycles. The summed E-state index contributed by atoms with van der Waals surface area (Å²) >= 11 is 0. The standard InChI is InChI=1S/C18H29N2O7P/c1-5-6-7-8-13-26-28(25,19-18(4,14(2)3)17(21)22)27-16-11-9-15(10-12-16)20(23)24/h9-12,14H,5-8,13H2,1-4H3,(H,19,25)(H,21,22). The van der Waals surface area contributed by atoms with Crippen molar-refractivity contribution in [3.8, 4) is 5.75 Å². The van der Waals surface area contributed by atoms with Gasteiger partial charge in [0, 0.05) is 12.1 Å². The summed E-state index contributed by atoms with van der Waals surface area (Å²) in [6.45, 7) is 6.96. The van der Waals surface area contributed by atoms with Crippen molar-refractivity contribution in [2.75, 3.05) is 6.61 Å². The summed E-state index contributed by atoms with van der Waals surface area (Å²) in [5.41, 5.74) is -1.70. The summed E-state index contributed by atoms with van der Waals surface area (Å²) in [4.78, 5) is 22.0. The summed E-state index contributed by atoms with van der Waals surface area (Å²) in [5, 5.41) is 22.9. The van der Waals surface area contributed by atoms with Gasteiger partial charge in [-0.2, -0.15) is 5.09 Å². The van der Waals surface area contributed by atoms with Crippen LogP contribution in [0.5, 0.6) is 5.75 Å². The first-order valence-corrected chi connectivity index (χ1v) is 10.8. The number of nitro groups is 1. The van der Waals surface area contributed by atoms with E-state index in [4.69, 9.17) is 9.05 Å². The molecular weight excluding hydrogens is 387 g/mol. The molecule has 0 saturated heterocycles. The van der Waals surface area contributed by atoms with Crippen molar-refractivity contribution < 1.29 is 28.4 Å². The fourth-order valence-electron chi connectivity index (χ4n) is 2.27. The number of nitrogens with one attached hydrogen (secondary N) is 1. The quantitative estimate of drug-likeness (QED) is 0.204. The van der Waals surface area contributed by atoms with E-state index in [1.165, 1.54) is 31.2 Å². The van der Waals surface area contributed by atoms with Crippen LogP contribution in [0.2, 0.25) is 0 Å². The predicted octanol–water partition coefficient (Wildman–Crippen LogP) is 4.77. The number of unbranched alkanes of at least 4 members (excludes halogenated alkanes) is 3. The second-order valence-corrected chi connectivity index (χ2v) is 8.67. The molecule has 2 N–H and O–H groups in total. The molecule has 0 bridgehead atoms. The van der Waals surface area contributed by atoms with Crippen LogP contribution in [-0.4, -0.2) is 28.1 Å². The van der Waals surface area contributed by atoms with Gasteiger partial charge in [-0.25, -0.2) is 4.57 Å². The highest BCUT2D eigenvalue weighted by Gasteiger charge is 2.44. The minimum atomic E-state index is -4.06. The van der Waals surface area contributed by atoms with Gasteiger partial charge >= 0.3 is 13.7 Å². The van der Waals surface area contributed by atoms with Crippen molar-refractivity contribution in [2.24, 2.45) is 5.92 Å². The molecule has 0 radical (unpaired) electrons. The van der Waals surface area contributed by atoms with Gasteiger partial charge in [0.2, 0.25) is 0 Å². The summed E-state index contributed by atoms with van der Waals surface area (Å²) in [6, 6.07) is 5.00. The number of carboxylic acids is 1. The maximum atomic E-state index is 13.3. The molecule has 158 valence electrons. The Bertz CT molecular complexity index is 708. The SMILES string of the molecule is CCCCCCOP(=O)(NC(C)(C(=O)O)C(C)C)Oc1ccc([N+](=O)[O-])cc1. The number of carboxylic acid groups (broad SMARTS) is 1. The third kappa shape index (κ3) is 6.89. The summed E-state index contributed by atoms with van der Waals surface area (Å²) in [6.07, 6.45) is 3.56. The fourth-order valence-corrected chi connectivity index (χ4v) is 4.13. The van der Waals surface area contributed by atoms with Gasteiger partial charge in [0.05, 0.1) is 11.5 Å². The second kappa shape index (κ2) is 10.5. The van der Waals surface area contributed by atoms with Crippen LogP contribution in [0.1, 0.15) is 53.4 Å². The third-order valence-corrected chi connectivity index (χ3v) is 6.21. The van der Waals surface area contributed by atoms with Crippen molar-refractivity contribution in [1.82, 2.24) is 5.09 Å². The number of nitro benzene ring substituents is 1. The van der Waals surface area contributed by atoms with E-state index in [0.29, 0.717) is 6.42 Å². The fraction of sp³-hybridized carbons (Fsp3) is 0.611. The number of hydrogen-bond acceptors (Lipinski definition) is 6. The Kier molecular flexibility index (Phi) is 9.07. The molecule has 1 rings (SSSR count). The average Bonchev–Trinajstić information content (AvgIpc) is 2.61. The molecule has 1 aromatic rings. The molecule has 1 aromatic carbocycles. The van der Waals surface area contributed by atoms with Gasteiger partial charge in [0.25, 0.3) is 5.69 Å². The number of hydrogen-bond donors (Lipinski definition) is 2. The van der Waals surface area contributed by atoms with Gasteiger partial charge in [-0.15, -0.1) is 0 Å². The predicted molar refractivity (Wildman–Crippen MR) is 105 cm³/mol. The smallest absolute Gasteiger partial charge is 0.459 e. The topological polar surface area (TPSA) is 128 Å². The molecule has 0 fully saturated rings. The molecule has 0 spiro atoms. The van der Waals surface area contributed by atoms with Crippen LogP contribution >= 0.6 is 7.75 Å². The Morgan fingerprint density at radius 1 is 1.29 bits per heavy atom. The van der Waals surface area contributed by atoms with Gasteiger partial charge in [-0.05, 0) is 31.4 Å². The summed E-state index contributed by atoms with van der Waals surface area (Å²) < 4.78 is 24.3. The van der Waals surface area contributed by atoms with E-state index >= 15 is 0 Å². The van der Waals surface area contributed by atoms with Crippen molar-refractivity contribution in [3.63, 3.8) is 0 Å². The average molecular weight is 416 g/mol.